The van der Waals surface area contributed by atoms with E-state index in [1.54, 1.807) is 0 Å². The minimum absolute atomic E-state index is 0.560. The molecule has 1 unspecified atom stereocenters. The molecule has 3 nitrogen and oxygen atoms in total. The molecule has 1 fully saturated rings. The lowest BCUT2D eigenvalue weighted by atomic mass is 10.1. The summed E-state index contributed by atoms with van der Waals surface area (Å²) >= 11 is 0. The van der Waals surface area contributed by atoms with Gasteiger partial charge in [-0.05, 0) is 18.6 Å². The molecule has 0 spiro atoms. The van der Waals surface area contributed by atoms with Crippen LogP contribution in [0, 0.1) is 0 Å². The van der Waals surface area contributed by atoms with E-state index in [0.29, 0.717) is 12.6 Å². The minimum Gasteiger partial charge on any atom is -0.368 e. The topological polar surface area (TPSA) is 41.3 Å². The van der Waals surface area contributed by atoms with Crippen LogP contribution in [0.4, 0.5) is 5.69 Å². The molecular weight excluding hydrogens is 186 g/mol. The second kappa shape index (κ2) is 4.64. The molecule has 0 saturated carbocycles. The number of para-hydroxylation sites is 1. The lowest BCUT2D eigenvalue weighted by Crippen LogP contribution is -2.49. The van der Waals surface area contributed by atoms with Crippen molar-refractivity contribution in [1.29, 1.82) is 0 Å². The Morgan fingerprint density at radius 3 is 3.00 bits per heavy atom. The van der Waals surface area contributed by atoms with Gasteiger partial charge in [0.2, 0.25) is 0 Å². The van der Waals surface area contributed by atoms with Gasteiger partial charge in [-0.15, -0.1) is 0 Å². The second-order valence-corrected chi connectivity index (χ2v) is 4.13. The van der Waals surface area contributed by atoms with Crippen LogP contribution >= 0.6 is 0 Å². The van der Waals surface area contributed by atoms with E-state index in [4.69, 9.17) is 5.73 Å². The summed E-state index contributed by atoms with van der Waals surface area (Å²) in [6, 6.07) is 8.98. The fourth-order valence-corrected chi connectivity index (χ4v) is 2.14. The Labute approximate surface area is 91.3 Å². The molecule has 1 aliphatic heterocycles. The third-order valence-corrected chi connectivity index (χ3v) is 2.92. The van der Waals surface area contributed by atoms with Crippen LogP contribution < -0.4 is 16.0 Å². The largest absolute Gasteiger partial charge is 0.368 e. The van der Waals surface area contributed by atoms with E-state index in [1.165, 1.54) is 11.3 Å². The normalized spacial score (nSPS) is 21.7. The van der Waals surface area contributed by atoms with Crippen molar-refractivity contribution in [3.8, 4) is 0 Å². The van der Waals surface area contributed by atoms with Crippen molar-refractivity contribution in [1.82, 2.24) is 5.32 Å². The van der Waals surface area contributed by atoms with Crippen LogP contribution in [0.2, 0.25) is 0 Å². The molecule has 2 rings (SSSR count). The zero-order valence-corrected chi connectivity index (χ0v) is 9.24. The fourth-order valence-electron chi connectivity index (χ4n) is 2.14. The van der Waals surface area contributed by atoms with Crippen molar-refractivity contribution >= 4 is 5.69 Å². The summed E-state index contributed by atoms with van der Waals surface area (Å²) < 4.78 is 0. The van der Waals surface area contributed by atoms with Crippen LogP contribution in [-0.4, -0.2) is 25.7 Å². The third kappa shape index (κ3) is 2.30. The molecule has 0 bridgehead atoms. The smallest absolute Gasteiger partial charge is 0.0412 e. The van der Waals surface area contributed by atoms with E-state index in [1.807, 2.05) is 0 Å². The number of piperazine rings is 1. The van der Waals surface area contributed by atoms with Gasteiger partial charge in [0.15, 0.2) is 0 Å². The summed E-state index contributed by atoms with van der Waals surface area (Å²) in [5, 5.41) is 3.45. The molecule has 3 N–H and O–H groups in total. The van der Waals surface area contributed by atoms with Gasteiger partial charge in [0.25, 0.3) is 0 Å². The zero-order valence-electron chi connectivity index (χ0n) is 9.24. The van der Waals surface area contributed by atoms with E-state index in [-0.39, 0.29) is 0 Å². The summed E-state index contributed by atoms with van der Waals surface area (Å²) in [5.74, 6) is 0. The Balaban J connectivity index is 2.20. The van der Waals surface area contributed by atoms with Gasteiger partial charge in [-0.1, -0.05) is 18.2 Å². The Kier molecular flexibility index (Phi) is 3.23. The SMILES string of the molecule is CC1CN(c2ccccc2CN)CCN1. The van der Waals surface area contributed by atoms with E-state index >= 15 is 0 Å². The Bertz CT molecular complexity index is 324. The number of nitrogens with one attached hydrogen (secondary N) is 1. The van der Waals surface area contributed by atoms with Gasteiger partial charge in [-0.2, -0.15) is 0 Å². The van der Waals surface area contributed by atoms with Crippen molar-refractivity contribution in [2.24, 2.45) is 5.73 Å². The number of hydrogen-bond donors (Lipinski definition) is 2. The van der Waals surface area contributed by atoms with E-state index in [0.717, 1.165) is 19.6 Å². The molecule has 1 aromatic rings. The molecule has 1 heterocycles. The second-order valence-electron chi connectivity index (χ2n) is 4.13. The van der Waals surface area contributed by atoms with Gasteiger partial charge >= 0.3 is 0 Å². The molecule has 0 amide bonds. The summed E-state index contributed by atoms with van der Waals surface area (Å²) in [5.41, 5.74) is 8.29. The molecule has 3 heteroatoms. The molecule has 1 saturated heterocycles. The summed E-state index contributed by atoms with van der Waals surface area (Å²) in [6.07, 6.45) is 0. The Morgan fingerprint density at radius 2 is 2.27 bits per heavy atom. The zero-order chi connectivity index (χ0) is 10.7. The monoisotopic (exact) mass is 205 g/mol. The molecular formula is C12H19N3. The number of anilines is 1. The number of benzene rings is 1. The highest BCUT2D eigenvalue weighted by molar-refractivity contribution is 5.54. The Hall–Kier alpha value is -1.06. The van der Waals surface area contributed by atoms with Gasteiger partial charge in [-0.25, -0.2) is 0 Å². The lowest BCUT2D eigenvalue weighted by Gasteiger charge is -2.34. The van der Waals surface area contributed by atoms with Crippen LogP contribution in [-0.2, 0) is 6.54 Å². The van der Waals surface area contributed by atoms with E-state index < -0.39 is 0 Å². The van der Waals surface area contributed by atoms with Crippen LogP contribution in [0.3, 0.4) is 0 Å². The average molecular weight is 205 g/mol. The first kappa shape index (κ1) is 10.5. The number of nitrogens with two attached hydrogens (primary N) is 1. The first-order valence-corrected chi connectivity index (χ1v) is 5.57. The molecule has 82 valence electrons. The van der Waals surface area contributed by atoms with E-state index in [2.05, 4.69) is 41.4 Å². The highest BCUT2D eigenvalue weighted by Crippen LogP contribution is 2.20. The van der Waals surface area contributed by atoms with Gasteiger partial charge in [0.05, 0.1) is 0 Å². The van der Waals surface area contributed by atoms with Gasteiger partial charge < -0.3 is 16.0 Å². The quantitative estimate of drug-likeness (QED) is 0.755. The summed E-state index contributed by atoms with van der Waals surface area (Å²) in [6.45, 7) is 6.03. The number of nitrogens with zero attached hydrogens (tertiary/aromatic N) is 1. The minimum atomic E-state index is 0.560. The molecule has 1 atom stereocenters. The molecule has 15 heavy (non-hydrogen) atoms. The maximum Gasteiger partial charge on any atom is 0.0412 e. The Morgan fingerprint density at radius 1 is 1.47 bits per heavy atom. The van der Waals surface area contributed by atoms with Crippen LogP contribution in [0.5, 0.6) is 0 Å². The predicted octanol–water partition coefficient (Wildman–Crippen LogP) is 0.943. The first-order chi connectivity index (χ1) is 7.31. The van der Waals surface area contributed by atoms with Crippen LogP contribution in [0.15, 0.2) is 24.3 Å². The standard InChI is InChI=1S/C12H19N3/c1-10-9-15(7-6-14-10)12-5-3-2-4-11(12)8-13/h2-5,10,14H,6-9,13H2,1H3. The average Bonchev–Trinajstić information content (AvgIpc) is 2.29. The maximum absolute atomic E-state index is 5.75. The molecule has 0 aliphatic carbocycles. The lowest BCUT2D eigenvalue weighted by molar-refractivity contribution is 0.484. The third-order valence-electron chi connectivity index (χ3n) is 2.92. The van der Waals surface area contributed by atoms with Crippen molar-refractivity contribution in [2.75, 3.05) is 24.5 Å². The number of rotatable bonds is 2. The summed E-state index contributed by atoms with van der Waals surface area (Å²) in [7, 11) is 0. The predicted molar refractivity (Wildman–Crippen MR) is 64.0 cm³/mol. The highest BCUT2D eigenvalue weighted by Gasteiger charge is 2.17. The van der Waals surface area contributed by atoms with Crippen LogP contribution in [0.1, 0.15) is 12.5 Å². The van der Waals surface area contributed by atoms with Gasteiger partial charge in [0.1, 0.15) is 0 Å². The van der Waals surface area contributed by atoms with Crippen molar-refractivity contribution in [3.05, 3.63) is 29.8 Å². The highest BCUT2D eigenvalue weighted by atomic mass is 15.2. The van der Waals surface area contributed by atoms with Crippen LogP contribution in [0.25, 0.3) is 0 Å². The van der Waals surface area contributed by atoms with Crippen molar-refractivity contribution in [2.45, 2.75) is 19.5 Å². The fraction of sp³-hybridized carbons (Fsp3) is 0.500. The number of hydrogen-bond acceptors (Lipinski definition) is 3. The van der Waals surface area contributed by atoms with Gasteiger partial charge in [0, 0.05) is 37.9 Å². The van der Waals surface area contributed by atoms with E-state index in [9.17, 15) is 0 Å². The summed E-state index contributed by atoms with van der Waals surface area (Å²) in [4.78, 5) is 2.42. The molecule has 1 aromatic carbocycles. The maximum atomic E-state index is 5.75. The first-order valence-electron chi connectivity index (χ1n) is 5.57. The molecule has 0 radical (unpaired) electrons. The molecule has 0 aromatic heterocycles. The van der Waals surface area contributed by atoms with Gasteiger partial charge in [-0.3, -0.25) is 0 Å². The van der Waals surface area contributed by atoms with Crippen molar-refractivity contribution in [3.63, 3.8) is 0 Å². The van der Waals surface area contributed by atoms with Crippen molar-refractivity contribution < 1.29 is 0 Å². The molecule has 1 aliphatic rings.